The molecular formula is C14H23N3O2. The first kappa shape index (κ1) is 14.1. The molecule has 1 aromatic heterocycles. The summed E-state index contributed by atoms with van der Waals surface area (Å²) < 4.78 is 5.31. The number of hydrogen-bond acceptors (Lipinski definition) is 4. The first-order chi connectivity index (χ1) is 9.04. The second kappa shape index (κ2) is 5.74. The third kappa shape index (κ3) is 2.81. The van der Waals surface area contributed by atoms with Gasteiger partial charge in [-0.05, 0) is 26.8 Å². The number of aryl methyl sites for hydroxylation is 1. The van der Waals surface area contributed by atoms with Gasteiger partial charge in [0.15, 0.2) is 5.76 Å². The molecule has 0 aromatic carbocycles. The lowest BCUT2D eigenvalue weighted by molar-refractivity contribution is 0.0694. The molecule has 0 bridgehead atoms. The number of nitrogens with one attached hydrogen (secondary N) is 1. The van der Waals surface area contributed by atoms with E-state index < -0.39 is 0 Å². The van der Waals surface area contributed by atoms with Gasteiger partial charge in [0, 0.05) is 25.0 Å². The van der Waals surface area contributed by atoms with Gasteiger partial charge in [-0.25, -0.2) is 0 Å². The molecule has 1 aromatic rings. The van der Waals surface area contributed by atoms with Crippen LogP contribution in [-0.2, 0) is 0 Å². The van der Waals surface area contributed by atoms with Gasteiger partial charge in [0.1, 0.15) is 5.56 Å². The number of amides is 1. The number of nitrogens with zero attached hydrogens (tertiary/aromatic N) is 2. The lowest BCUT2D eigenvalue weighted by atomic mass is 10.0. The molecule has 0 spiro atoms. The van der Waals surface area contributed by atoms with E-state index in [1.807, 2.05) is 32.7 Å². The van der Waals surface area contributed by atoms with Gasteiger partial charge in [-0.15, -0.1) is 0 Å². The summed E-state index contributed by atoms with van der Waals surface area (Å²) in [6, 6.07) is 0.389. The first-order valence-corrected chi connectivity index (χ1v) is 6.97. The fraction of sp³-hybridized carbons (Fsp3) is 0.714. The zero-order valence-corrected chi connectivity index (χ0v) is 12.2. The SMILES string of the molecule is CNC1CCCN(C(=O)c2c(C)noc2C(C)C)C1. The molecule has 2 heterocycles. The molecule has 1 aliphatic heterocycles. The van der Waals surface area contributed by atoms with Gasteiger partial charge in [0.05, 0.1) is 5.69 Å². The minimum Gasteiger partial charge on any atom is -0.360 e. The van der Waals surface area contributed by atoms with Crippen LogP contribution in [0.15, 0.2) is 4.52 Å². The van der Waals surface area contributed by atoms with Gasteiger partial charge >= 0.3 is 0 Å². The zero-order valence-electron chi connectivity index (χ0n) is 12.2. The Morgan fingerprint density at radius 2 is 2.26 bits per heavy atom. The number of piperidine rings is 1. The predicted molar refractivity (Wildman–Crippen MR) is 73.3 cm³/mol. The molecule has 0 radical (unpaired) electrons. The van der Waals surface area contributed by atoms with Crippen molar-refractivity contribution in [1.29, 1.82) is 0 Å². The van der Waals surface area contributed by atoms with Gasteiger partial charge in [0.2, 0.25) is 0 Å². The highest BCUT2D eigenvalue weighted by atomic mass is 16.5. The summed E-state index contributed by atoms with van der Waals surface area (Å²) in [5.74, 6) is 0.932. The maximum atomic E-state index is 12.7. The van der Waals surface area contributed by atoms with Crippen LogP contribution in [0.1, 0.15) is 54.4 Å². The summed E-state index contributed by atoms with van der Waals surface area (Å²) in [6.45, 7) is 7.45. The Morgan fingerprint density at radius 3 is 2.89 bits per heavy atom. The Bertz CT molecular complexity index is 454. The maximum absolute atomic E-state index is 12.7. The summed E-state index contributed by atoms with van der Waals surface area (Å²) in [4.78, 5) is 14.6. The number of carbonyl (C=O) groups is 1. The molecule has 2 rings (SSSR count). The lowest BCUT2D eigenvalue weighted by Gasteiger charge is -2.32. The molecule has 106 valence electrons. The van der Waals surface area contributed by atoms with Crippen molar-refractivity contribution in [2.75, 3.05) is 20.1 Å². The Hall–Kier alpha value is -1.36. The van der Waals surface area contributed by atoms with Crippen molar-refractivity contribution in [3.05, 3.63) is 17.0 Å². The van der Waals surface area contributed by atoms with Crippen LogP contribution in [0.2, 0.25) is 0 Å². The number of carbonyl (C=O) groups excluding carboxylic acids is 1. The summed E-state index contributed by atoms with van der Waals surface area (Å²) in [5, 5.41) is 7.21. The van der Waals surface area contributed by atoms with Crippen LogP contribution < -0.4 is 5.32 Å². The van der Waals surface area contributed by atoms with E-state index in [1.165, 1.54) is 0 Å². The van der Waals surface area contributed by atoms with Crippen LogP contribution in [0.25, 0.3) is 0 Å². The monoisotopic (exact) mass is 265 g/mol. The van der Waals surface area contributed by atoms with E-state index in [9.17, 15) is 4.79 Å². The normalized spacial score (nSPS) is 20.1. The van der Waals surface area contributed by atoms with Crippen LogP contribution in [0.4, 0.5) is 0 Å². The molecule has 1 saturated heterocycles. The Labute approximate surface area is 114 Å². The van der Waals surface area contributed by atoms with Crippen molar-refractivity contribution >= 4 is 5.91 Å². The van der Waals surface area contributed by atoms with E-state index in [4.69, 9.17) is 4.52 Å². The molecule has 0 aliphatic carbocycles. The van der Waals surface area contributed by atoms with Crippen LogP contribution >= 0.6 is 0 Å². The second-order valence-corrected chi connectivity index (χ2v) is 5.54. The fourth-order valence-corrected chi connectivity index (χ4v) is 2.60. The van der Waals surface area contributed by atoms with Crippen molar-refractivity contribution in [3.63, 3.8) is 0 Å². The Balaban J connectivity index is 2.21. The van der Waals surface area contributed by atoms with Gasteiger partial charge < -0.3 is 14.7 Å². The number of likely N-dealkylation sites (tertiary alicyclic amines) is 1. The standard InChI is InChI=1S/C14H23N3O2/c1-9(2)13-12(10(3)16-19-13)14(18)17-7-5-6-11(8-17)15-4/h9,11,15H,5-8H2,1-4H3. The Morgan fingerprint density at radius 1 is 1.53 bits per heavy atom. The minimum absolute atomic E-state index is 0.0578. The Kier molecular flexibility index (Phi) is 4.24. The number of likely N-dealkylation sites (N-methyl/N-ethyl adjacent to an activating group) is 1. The molecule has 1 N–H and O–H groups in total. The lowest BCUT2D eigenvalue weighted by Crippen LogP contribution is -2.47. The van der Waals surface area contributed by atoms with E-state index in [1.54, 1.807) is 0 Å². The molecule has 1 atom stereocenters. The van der Waals surface area contributed by atoms with Crippen molar-refractivity contribution in [3.8, 4) is 0 Å². The minimum atomic E-state index is 0.0578. The molecular weight excluding hydrogens is 242 g/mol. The zero-order chi connectivity index (χ0) is 14.0. The van der Waals surface area contributed by atoms with Crippen LogP contribution in [-0.4, -0.2) is 42.1 Å². The molecule has 1 unspecified atom stereocenters. The maximum Gasteiger partial charge on any atom is 0.259 e. The van der Waals surface area contributed by atoms with Crippen molar-refractivity contribution < 1.29 is 9.32 Å². The predicted octanol–water partition coefficient (Wildman–Crippen LogP) is 1.93. The van der Waals surface area contributed by atoms with E-state index in [0.717, 1.165) is 25.9 Å². The van der Waals surface area contributed by atoms with E-state index in [-0.39, 0.29) is 11.8 Å². The third-order valence-corrected chi connectivity index (χ3v) is 3.74. The number of rotatable bonds is 3. The summed E-state index contributed by atoms with van der Waals surface area (Å²) in [7, 11) is 1.95. The molecule has 1 aliphatic rings. The molecule has 5 nitrogen and oxygen atoms in total. The van der Waals surface area contributed by atoms with Gasteiger partial charge in [-0.3, -0.25) is 4.79 Å². The highest BCUT2D eigenvalue weighted by Gasteiger charge is 2.29. The number of aromatic nitrogens is 1. The van der Waals surface area contributed by atoms with Crippen LogP contribution in [0, 0.1) is 6.92 Å². The van der Waals surface area contributed by atoms with Crippen LogP contribution in [0.5, 0.6) is 0 Å². The summed E-state index contributed by atoms with van der Waals surface area (Å²) in [6.07, 6.45) is 2.17. The van der Waals surface area contributed by atoms with Crippen molar-refractivity contribution in [2.24, 2.45) is 0 Å². The first-order valence-electron chi connectivity index (χ1n) is 6.97. The quantitative estimate of drug-likeness (QED) is 0.907. The average molecular weight is 265 g/mol. The van der Waals surface area contributed by atoms with Crippen molar-refractivity contribution in [1.82, 2.24) is 15.4 Å². The molecule has 1 amide bonds. The van der Waals surface area contributed by atoms with Crippen LogP contribution in [0.3, 0.4) is 0 Å². The molecule has 19 heavy (non-hydrogen) atoms. The number of hydrogen-bond donors (Lipinski definition) is 1. The van der Waals surface area contributed by atoms with Crippen molar-refractivity contribution in [2.45, 2.75) is 45.6 Å². The van der Waals surface area contributed by atoms with E-state index >= 15 is 0 Å². The van der Waals surface area contributed by atoms with Gasteiger partial charge in [-0.1, -0.05) is 19.0 Å². The second-order valence-electron chi connectivity index (χ2n) is 5.54. The topological polar surface area (TPSA) is 58.4 Å². The van der Waals surface area contributed by atoms with E-state index in [2.05, 4.69) is 10.5 Å². The summed E-state index contributed by atoms with van der Waals surface area (Å²) in [5.41, 5.74) is 1.35. The highest BCUT2D eigenvalue weighted by molar-refractivity contribution is 5.96. The largest absolute Gasteiger partial charge is 0.360 e. The molecule has 1 fully saturated rings. The fourth-order valence-electron chi connectivity index (χ4n) is 2.60. The smallest absolute Gasteiger partial charge is 0.259 e. The highest BCUT2D eigenvalue weighted by Crippen LogP contribution is 2.24. The van der Waals surface area contributed by atoms with Gasteiger partial charge in [0.25, 0.3) is 5.91 Å². The molecule has 0 saturated carbocycles. The third-order valence-electron chi connectivity index (χ3n) is 3.74. The summed E-state index contributed by atoms with van der Waals surface area (Å²) >= 11 is 0. The molecule has 5 heteroatoms. The van der Waals surface area contributed by atoms with Gasteiger partial charge in [-0.2, -0.15) is 0 Å². The average Bonchev–Trinajstić information content (AvgIpc) is 2.80. The van der Waals surface area contributed by atoms with E-state index in [0.29, 0.717) is 23.1 Å².